The second-order valence-electron chi connectivity index (χ2n) is 26.2. The van der Waals surface area contributed by atoms with Gasteiger partial charge in [-0.2, -0.15) is 14.9 Å². The highest BCUT2D eigenvalue weighted by Gasteiger charge is 2.50. The number of H-pyrrole nitrogens is 1. The molecule has 0 bridgehead atoms. The Morgan fingerprint density at radius 1 is 0.809 bits per heavy atom. The summed E-state index contributed by atoms with van der Waals surface area (Å²) >= 11 is 6.54. The van der Waals surface area contributed by atoms with Gasteiger partial charge in [0.25, 0.3) is 29.2 Å². The monoisotopic (exact) mass is 1580 g/mol. The SMILES string of the molecule is Cc1cc(Nc2ncc(Cl)c(Nc3ccccc3S(=O)(=O)C(C)C)n2)c(OC(C)C)cc1C1CCN(C(=O)NCCNc2cccc3c2C(=O)N(C2CCC(=O)N(C(=O)OCCSSCCn4cc(CNC(=O)CC[C@H](NC(=O)c5ccc(NCc6cnc7nc(N)[nH]c(=O)c7n6)cc5)C(=O)O)nn4)C2=O)C3=O)CC1. The Hall–Kier alpha value is -11.5. The molecule has 2 saturated heterocycles. The molecule has 39 heteroatoms. The van der Waals surface area contributed by atoms with E-state index in [1.807, 2.05) is 32.9 Å². The number of benzene rings is 4. The average molecular weight is 1580 g/mol. The predicted molar refractivity (Wildman–Crippen MR) is 409 cm³/mol. The van der Waals surface area contributed by atoms with Gasteiger partial charge in [-0.3, -0.25) is 48.1 Å². The maximum absolute atomic E-state index is 14.1. The van der Waals surface area contributed by atoms with Crippen LogP contribution in [0.5, 0.6) is 5.75 Å². The zero-order valence-corrected chi connectivity index (χ0v) is 63.4. The number of ether oxygens (including phenoxy) is 2. The standard InChI is InChI=1S/C71H79ClN20O15S3/c1-38(2)107-54-32-47(40(5)31-52(54)83-69-79-36-48(72)60(85-69)81-49-10-6-7-12-55(49)110(104,105)39(3)4)41-21-25-89(26-22-41)70(102)75-24-23-74-50-11-8-9-46-58(50)66(99)91(64(46)97)53-18-20-57(94)92(65(53)98)71(103)106-28-30-109-108-29-27-90-37-45(87-88-90)35-77-56(93)19-17-51(67(100)101)82-62(95)42-13-15-43(16-14-42)76-33-44-34-78-61-59(80-44)63(96)86-68(73)84-61/h6-16,31-32,34,36-39,41,51,53,74,76H,17-30,33,35H2,1-5H3,(H,75,102)(H,77,93)(H,82,95)(H,100,101)(H2,79,81,83,85)(H3,73,78,84,86,96)/t51-,53?/m0/s1. The van der Waals surface area contributed by atoms with Gasteiger partial charge < -0.3 is 62.4 Å². The number of carboxylic acid groups (broad SMARTS) is 1. The minimum Gasteiger partial charge on any atom is -0.489 e. The highest BCUT2D eigenvalue weighted by molar-refractivity contribution is 8.76. The van der Waals surface area contributed by atoms with Crippen LogP contribution >= 0.6 is 33.2 Å². The van der Waals surface area contributed by atoms with Crippen molar-refractivity contribution in [2.75, 3.05) is 71.3 Å². The van der Waals surface area contributed by atoms with Gasteiger partial charge in [0.1, 0.15) is 35.2 Å². The number of aryl methyl sites for hydroxylation is 2. The average Bonchev–Trinajstić information content (AvgIpc) is 1.57. The molecule has 4 aromatic carbocycles. The van der Waals surface area contributed by atoms with Gasteiger partial charge in [0.2, 0.25) is 23.7 Å². The fourth-order valence-corrected chi connectivity index (χ4v) is 15.4. The number of carbonyl (C=O) groups is 9. The molecule has 0 radical (unpaired) electrons. The Bertz CT molecular complexity index is 5020. The molecule has 3 aliphatic heterocycles. The molecule has 9 amide bonds. The number of carboxylic acids is 1. The van der Waals surface area contributed by atoms with Gasteiger partial charge in [-0.25, -0.2) is 37.8 Å². The van der Waals surface area contributed by atoms with Crippen molar-refractivity contribution in [2.24, 2.45) is 0 Å². The summed E-state index contributed by atoms with van der Waals surface area (Å²) in [5.74, 6) is -4.30. The lowest BCUT2D eigenvalue weighted by Crippen LogP contribution is -2.57. The maximum Gasteiger partial charge on any atom is 0.423 e. The van der Waals surface area contributed by atoms with Crippen LogP contribution in [-0.2, 0) is 53.4 Å². The van der Waals surface area contributed by atoms with E-state index in [0.717, 1.165) is 16.0 Å². The number of anilines is 7. The Morgan fingerprint density at radius 3 is 2.32 bits per heavy atom. The van der Waals surface area contributed by atoms with E-state index >= 15 is 0 Å². The van der Waals surface area contributed by atoms with E-state index in [0.29, 0.717) is 77.3 Å². The van der Waals surface area contributed by atoms with Gasteiger partial charge in [0.05, 0.1) is 82.7 Å². The third-order valence-electron chi connectivity index (χ3n) is 17.9. The minimum atomic E-state index is -3.65. The number of nitrogens with one attached hydrogen (secondary N) is 8. The number of piperidine rings is 2. The van der Waals surface area contributed by atoms with E-state index in [4.69, 9.17) is 26.8 Å². The molecule has 35 nitrogen and oxygen atoms in total. The summed E-state index contributed by atoms with van der Waals surface area (Å²) in [6.45, 7) is 10.6. The lowest BCUT2D eigenvalue weighted by atomic mass is 9.86. The van der Waals surface area contributed by atoms with E-state index in [1.54, 1.807) is 72.1 Å². The largest absolute Gasteiger partial charge is 0.489 e. The van der Waals surface area contributed by atoms with Crippen molar-refractivity contribution in [1.82, 2.24) is 75.5 Å². The number of nitrogens with zero attached hydrogens (tertiary/aromatic N) is 11. The topological polar surface area (TPSA) is 474 Å². The number of aromatic nitrogens is 9. The molecular formula is C71H79ClN20O15S3. The van der Waals surface area contributed by atoms with E-state index in [9.17, 15) is 61.5 Å². The van der Waals surface area contributed by atoms with Gasteiger partial charge in [0.15, 0.2) is 26.8 Å². The third kappa shape index (κ3) is 19.3. The van der Waals surface area contributed by atoms with Crippen LogP contribution in [0.4, 0.5) is 50.1 Å². The molecule has 2 fully saturated rings. The number of halogens is 1. The Balaban J connectivity index is 0.570. The number of imide groups is 4. The lowest BCUT2D eigenvalue weighted by Gasteiger charge is -2.33. The van der Waals surface area contributed by atoms with Crippen LogP contribution in [0.3, 0.4) is 0 Å². The molecular weight excluding hydrogens is 1500 g/mol. The number of urea groups is 1. The van der Waals surface area contributed by atoms with Crippen molar-refractivity contribution in [2.45, 2.75) is 127 Å². The number of sulfone groups is 1. The Morgan fingerprint density at radius 2 is 1.56 bits per heavy atom. The van der Waals surface area contributed by atoms with Crippen LogP contribution in [0.1, 0.15) is 126 Å². The summed E-state index contributed by atoms with van der Waals surface area (Å²) in [7, 11) is -0.911. The quantitative estimate of drug-likeness (QED) is 0.0112. The molecule has 2 atom stereocenters. The smallest absolute Gasteiger partial charge is 0.423 e. The number of nitrogen functional groups attached to an aromatic ring is 1. The zero-order valence-electron chi connectivity index (χ0n) is 60.2. The fourth-order valence-electron chi connectivity index (χ4n) is 12.3. The summed E-state index contributed by atoms with van der Waals surface area (Å²) in [4.78, 5) is 159. The molecule has 578 valence electrons. The first-order valence-electron chi connectivity index (χ1n) is 35.0. The number of hydrogen-bond acceptors (Lipinski definition) is 28. The lowest BCUT2D eigenvalue weighted by molar-refractivity contribution is -0.149. The van der Waals surface area contributed by atoms with Gasteiger partial charge in [-0.1, -0.05) is 56.6 Å². The summed E-state index contributed by atoms with van der Waals surface area (Å²) < 4.78 is 39.6. The van der Waals surface area contributed by atoms with Crippen LogP contribution in [-0.4, -0.2) is 194 Å². The zero-order chi connectivity index (χ0) is 78.5. The minimum absolute atomic E-state index is 0.00299. The van der Waals surface area contributed by atoms with Crippen LogP contribution in [0.25, 0.3) is 11.2 Å². The summed E-state index contributed by atoms with van der Waals surface area (Å²) in [6, 6.07) is 18.1. The van der Waals surface area contributed by atoms with Crippen LogP contribution < -0.4 is 53.2 Å². The van der Waals surface area contributed by atoms with E-state index in [-0.39, 0.29) is 143 Å². The molecule has 3 aliphatic rings. The van der Waals surface area contributed by atoms with Gasteiger partial charge >= 0.3 is 18.1 Å². The Kier molecular flexibility index (Phi) is 25.8. The first-order chi connectivity index (χ1) is 52.7. The summed E-state index contributed by atoms with van der Waals surface area (Å²) in [6.07, 6.45) is 3.36. The number of amides is 9. The molecule has 11 rings (SSSR count). The molecule has 1 unspecified atom stereocenters. The predicted octanol–water partition coefficient (Wildman–Crippen LogP) is 7.32. The van der Waals surface area contributed by atoms with Crippen molar-refractivity contribution in [1.29, 1.82) is 0 Å². The molecule has 0 saturated carbocycles. The number of para-hydroxylation sites is 1. The third-order valence-corrected chi connectivity index (χ3v) is 22.7. The highest BCUT2D eigenvalue weighted by atomic mass is 35.5. The molecule has 110 heavy (non-hydrogen) atoms. The normalized spacial score (nSPS) is 14.9. The first-order valence-corrected chi connectivity index (χ1v) is 39.4. The number of aliphatic carboxylic acids is 1. The first kappa shape index (κ1) is 79.5. The van der Waals surface area contributed by atoms with E-state index in [2.05, 4.69) is 77.4 Å². The van der Waals surface area contributed by atoms with E-state index in [1.165, 1.54) is 58.2 Å². The number of hydrogen-bond donors (Lipinski definition) is 10. The Labute approximate surface area is 642 Å². The van der Waals surface area contributed by atoms with Gasteiger partial charge in [-0.15, -0.1) is 5.10 Å². The van der Waals surface area contributed by atoms with E-state index < -0.39 is 80.2 Å². The number of aromatic amines is 1. The van der Waals surface area contributed by atoms with Crippen LogP contribution in [0.2, 0.25) is 5.02 Å². The molecule has 4 aromatic heterocycles. The molecule has 8 aromatic rings. The highest BCUT2D eigenvalue weighted by Crippen LogP contribution is 2.40. The fraction of sp³-hybridized carbons (Fsp3) is 0.366. The van der Waals surface area contributed by atoms with Crippen LogP contribution in [0, 0.1) is 6.92 Å². The van der Waals surface area contributed by atoms with Crippen molar-refractivity contribution in [3.63, 3.8) is 0 Å². The van der Waals surface area contributed by atoms with Crippen molar-refractivity contribution >= 4 is 148 Å². The number of fused-ring (bicyclic) bond motifs is 2. The number of carbonyl (C=O) groups excluding carboxylic acids is 8. The number of likely N-dealkylation sites (tertiary alicyclic amines) is 2. The van der Waals surface area contributed by atoms with Crippen molar-refractivity contribution in [3.05, 3.63) is 152 Å². The van der Waals surface area contributed by atoms with Crippen molar-refractivity contribution < 1.29 is 66.1 Å². The number of nitrogens with two attached hydrogens (primary N) is 1. The second-order valence-corrected chi connectivity index (χ2v) is 31.8. The molecule has 0 spiro atoms. The second kappa shape index (κ2) is 35.7. The van der Waals surface area contributed by atoms with Gasteiger partial charge in [-0.05, 0) is 138 Å². The van der Waals surface area contributed by atoms with Gasteiger partial charge in [0, 0.05) is 67.5 Å². The molecule has 7 heterocycles. The maximum atomic E-state index is 14.1. The molecule has 0 aliphatic carbocycles. The van der Waals surface area contributed by atoms with Crippen LogP contribution in [0.15, 0.2) is 107 Å². The number of rotatable bonds is 32. The summed E-state index contributed by atoms with van der Waals surface area (Å²) in [5, 5.41) is 38.1. The molecule has 11 N–H and O–H groups in total. The summed E-state index contributed by atoms with van der Waals surface area (Å²) in [5.41, 5.74) is 9.99. The van der Waals surface area contributed by atoms with Crippen molar-refractivity contribution in [3.8, 4) is 5.75 Å².